The molecule has 0 spiro atoms. The fourth-order valence-corrected chi connectivity index (χ4v) is 3.01. The Labute approximate surface area is 115 Å². The average Bonchev–Trinajstić information content (AvgIpc) is 2.86. The molecule has 0 aliphatic heterocycles. The van der Waals surface area contributed by atoms with E-state index in [1.807, 2.05) is 32.2 Å². The van der Waals surface area contributed by atoms with E-state index in [1.54, 1.807) is 0 Å². The molecule has 0 radical (unpaired) electrons. The first-order valence-electron chi connectivity index (χ1n) is 6.77. The lowest BCUT2D eigenvalue weighted by Crippen LogP contribution is -2.37. The molecular weight excluding hydrogens is 246 g/mol. The molecule has 1 aliphatic rings. The average molecular weight is 268 g/mol. The van der Waals surface area contributed by atoms with Gasteiger partial charge in [-0.05, 0) is 50.4 Å². The van der Waals surface area contributed by atoms with E-state index in [-0.39, 0.29) is 0 Å². The number of hydrogen-bond acceptors (Lipinski definition) is 2. The maximum Gasteiger partial charge on any atom is 0.137 e. The van der Waals surface area contributed by atoms with Crippen molar-refractivity contribution < 1.29 is 4.74 Å². The van der Waals surface area contributed by atoms with E-state index in [9.17, 15) is 0 Å². The molecule has 1 aromatic carbocycles. The molecule has 1 saturated carbocycles. The van der Waals surface area contributed by atoms with Gasteiger partial charge in [0.25, 0.3) is 0 Å². The van der Waals surface area contributed by atoms with Crippen LogP contribution < -0.4 is 10.1 Å². The second-order valence-corrected chi connectivity index (χ2v) is 5.59. The summed E-state index contributed by atoms with van der Waals surface area (Å²) in [4.78, 5) is 0. The highest BCUT2D eigenvalue weighted by Crippen LogP contribution is 2.29. The van der Waals surface area contributed by atoms with E-state index in [0.717, 1.165) is 17.2 Å². The monoisotopic (exact) mass is 267 g/mol. The number of rotatable bonds is 5. The lowest BCUT2D eigenvalue weighted by Gasteiger charge is -2.23. The molecule has 1 unspecified atom stereocenters. The van der Waals surface area contributed by atoms with Gasteiger partial charge in [-0.2, -0.15) is 0 Å². The highest BCUT2D eigenvalue weighted by atomic mass is 35.5. The third-order valence-corrected chi connectivity index (χ3v) is 4.14. The summed E-state index contributed by atoms with van der Waals surface area (Å²) in [6, 6.07) is 6.37. The molecule has 0 amide bonds. The second kappa shape index (κ2) is 6.44. The summed E-state index contributed by atoms with van der Waals surface area (Å²) in [5.41, 5.74) is 1.16. The van der Waals surface area contributed by atoms with Gasteiger partial charge in [-0.3, -0.25) is 0 Å². The van der Waals surface area contributed by atoms with Crippen molar-refractivity contribution in [2.24, 2.45) is 5.92 Å². The highest BCUT2D eigenvalue weighted by molar-refractivity contribution is 6.32. The van der Waals surface area contributed by atoms with Crippen LogP contribution in [0.15, 0.2) is 18.2 Å². The molecule has 0 bridgehead atoms. The van der Waals surface area contributed by atoms with E-state index >= 15 is 0 Å². The Morgan fingerprint density at radius 3 is 2.72 bits per heavy atom. The number of hydrogen-bond donors (Lipinski definition) is 1. The number of nitrogens with one attached hydrogen (secondary N) is 1. The Morgan fingerprint density at radius 1 is 1.39 bits per heavy atom. The van der Waals surface area contributed by atoms with Gasteiger partial charge in [-0.15, -0.1) is 0 Å². The zero-order valence-electron chi connectivity index (χ0n) is 11.2. The minimum atomic E-state index is 0.435. The number of ether oxygens (including phenoxy) is 1. The summed E-state index contributed by atoms with van der Waals surface area (Å²) >= 11 is 6.17. The molecule has 2 rings (SSSR count). The second-order valence-electron chi connectivity index (χ2n) is 5.18. The molecule has 0 heterocycles. The summed E-state index contributed by atoms with van der Waals surface area (Å²) in [6.45, 7) is 2.73. The molecule has 100 valence electrons. The van der Waals surface area contributed by atoms with Gasteiger partial charge >= 0.3 is 0 Å². The first-order chi connectivity index (χ1) is 8.70. The molecule has 3 heteroatoms. The van der Waals surface area contributed by atoms with E-state index < -0.39 is 0 Å². The first kappa shape index (κ1) is 13.7. The van der Waals surface area contributed by atoms with Crippen LogP contribution in [0.3, 0.4) is 0 Å². The largest absolute Gasteiger partial charge is 0.490 e. The van der Waals surface area contributed by atoms with Gasteiger partial charge in [0.05, 0.1) is 5.02 Å². The number of aryl methyl sites for hydroxylation is 1. The summed E-state index contributed by atoms with van der Waals surface area (Å²) < 4.78 is 5.86. The van der Waals surface area contributed by atoms with Gasteiger partial charge in [0, 0.05) is 6.04 Å². The first-order valence-corrected chi connectivity index (χ1v) is 7.14. The Balaban J connectivity index is 1.92. The molecule has 1 fully saturated rings. The van der Waals surface area contributed by atoms with Crippen molar-refractivity contribution in [3.63, 3.8) is 0 Å². The van der Waals surface area contributed by atoms with Crippen molar-refractivity contribution in [2.75, 3.05) is 13.7 Å². The Morgan fingerprint density at radius 2 is 2.11 bits per heavy atom. The van der Waals surface area contributed by atoms with Crippen LogP contribution in [0, 0.1) is 12.8 Å². The van der Waals surface area contributed by atoms with Gasteiger partial charge in [-0.25, -0.2) is 0 Å². The third kappa shape index (κ3) is 3.39. The van der Waals surface area contributed by atoms with Crippen LogP contribution in [0.4, 0.5) is 0 Å². The fraction of sp³-hybridized carbons (Fsp3) is 0.600. The predicted molar refractivity (Wildman–Crippen MR) is 76.5 cm³/mol. The Hall–Kier alpha value is -0.730. The highest BCUT2D eigenvalue weighted by Gasteiger charge is 2.24. The molecule has 0 aromatic heterocycles. The molecule has 2 nitrogen and oxygen atoms in total. The van der Waals surface area contributed by atoms with Gasteiger partial charge in [-0.1, -0.05) is 30.5 Å². The SMILES string of the molecule is CNC(COc1ccc(C)cc1Cl)C1CCCC1. The molecular formula is C15H22ClNO. The van der Waals surface area contributed by atoms with Crippen LogP contribution >= 0.6 is 11.6 Å². The summed E-state index contributed by atoms with van der Waals surface area (Å²) in [5, 5.41) is 4.08. The summed E-state index contributed by atoms with van der Waals surface area (Å²) in [5.74, 6) is 1.54. The number of benzene rings is 1. The zero-order valence-corrected chi connectivity index (χ0v) is 12.0. The molecule has 1 N–H and O–H groups in total. The minimum absolute atomic E-state index is 0.435. The van der Waals surface area contributed by atoms with Gasteiger partial charge in [0.2, 0.25) is 0 Å². The van der Waals surface area contributed by atoms with Gasteiger partial charge < -0.3 is 10.1 Å². The van der Waals surface area contributed by atoms with Crippen molar-refractivity contribution in [3.8, 4) is 5.75 Å². The van der Waals surface area contributed by atoms with Gasteiger partial charge in [0.15, 0.2) is 0 Å². The lowest BCUT2D eigenvalue weighted by molar-refractivity contribution is 0.225. The quantitative estimate of drug-likeness (QED) is 0.876. The van der Waals surface area contributed by atoms with Crippen molar-refractivity contribution in [3.05, 3.63) is 28.8 Å². The van der Waals surface area contributed by atoms with E-state index in [2.05, 4.69) is 5.32 Å². The van der Waals surface area contributed by atoms with Crippen LogP contribution in [-0.2, 0) is 0 Å². The zero-order chi connectivity index (χ0) is 13.0. The van der Waals surface area contributed by atoms with Crippen molar-refractivity contribution in [2.45, 2.75) is 38.6 Å². The molecule has 1 aromatic rings. The smallest absolute Gasteiger partial charge is 0.137 e. The Bertz CT molecular complexity index is 388. The van der Waals surface area contributed by atoms with Crippen molar-refractivity contribution in [1.82, 2.24) is 5.32 Å². The van der Waals surface area contributed by atoms with Crippen LogP contribution in [0.1, 0.15) is 31.2 Å². The number of halogens is 1. The maximum atomic E-state index is 6.17. The number of likely N-dealkylation sites (N-methyl/N-ethyl adjacent to an activating group) is 1. The van der Waals surface area contributed by atoms with Crippen LogP contribution in [0.25, 0.3) is 0 Å². The van der Waals surface area contributed by atoms with Crippen molar-refractivity contribution >= 4 is 11.6 Å². The normalized spacial score (nSPS) is 17.9. The molecule has 1 atom stereocenters. The maximum absolute atomic E-state index is 6.17. The van der Waals surface area contributed by atoms with Gasteiger partial charge in [0.1, 0.15) is 12.4 Å². The van der Waals surface area contributed by atoms with Crippen LogP contribution in [0.5, 0.6) is 5.75 Å². The lowest BCUT2D eigenvalue weighted by atomic mass is 9.99. The predicted octanol–water partition coefficient (Wildman–Crippen LogP) is 3.81. The standard InChI is InChI=1S/C15H22ClNO/c1-11-7-8-15(13(16)9-11)18-10-14(17-2)12-5-3-4-6-12/h7-9,12,14,17H,3-6,10H2,1-2H3. The summed E-state index contributed by atoms with van der Waals surface area (Å²) in [7, 11) is 2.02. The third-order valence-electron chi connectivity index (χ3n) is 3.85. The Kier molecular flexibility index (Phi) is 4.90. The van der Waals surface area contributed by atoms with E-state index in [0.29, 0.717) is 17.7 Å². The molecule has 18 heavy (non-hydrogen) atoms. The molecule has 0 saturated heterocycles. The van der Waals surface area contributed by atoms with E-state index in [4.69, 9.17) is 16.3 Å². The van der Waals surface area contributed by atoms with E-state index in [1.165, 1.54) is 25.7 Å². The van der Waals surface area contributed by atoms with Crippen LogP contribution in [0.2, 0.25) is 5.02 Å². The van der Waals surface area contributed by atoms with Crippen molar-refractivity contribution in [1.29, 1.82) is 0 Å². The topological polar surface area (TPSA) is 21.3 Å². The minimum Gasteiger partial charge on any atom is -0.490 e. The summed E-state index contributed by atoms with van der Waals surface area (Å²) in [6.07, 6.45) is 5.34. The van der Waals surface area contributed by atoms with Crippen LogP contribution in [-0.4, -0.2) is 19.7 Å². The fourth-order valence-electron chi connectivity index (χ4n) is 2.72. The molecule has 1 aliphatic carbocycles.